The second-order valence-corrected chi connectivity index (χ2v) is 8.77. The molecule has 3 nitrogen and oxygen atoms in total. The molecule has 138 valence electrons. The first-order valence-electron chi connectivity index (χ1n) is 9.03. The summed E-state index contributed by atoms with van der Waals surface area (Å²) in [6.45, 7) is 4.45. The molecule has 3 rings (SSSR count). The van der Waals surface area contributed by atoms with E-state index in [9.17, 15) is 4.79 Å². The average molecular weight is 480 g/mol. The highest BCUT2D eigenvalue weighted by atomic mass is 79.9. The molecular formula is C21H24Br2N2O. The molecule has 0 atom stereocenters. The van der Waals surface area contributed by atoms with E-state index in [1.807, 2.05) is 19.1 Å². The van der Waals surface area contributed by atoms with Crippen molar-refractivity contribution in [3.8, 4) is 0 Å². The first kappa shape index (κ1) is 19.6. The lowest BCUT2D eigenvalue weighted by Gasteiger charge is -2.31. The molecule has 0 saturated carbocycles. The first-order chi connectivity index (χ1) is 12.5. The minimum absolute atomic E-state index is 0.0387. The highest BCUT2D eigenvalue weighted by Crippen LogP contribution is 2.32. The molecule has 5 heteroatoms. The van der Waals surface area contributed by atoms with Crippen LogP contribution in [0, 0.1) is 12.8 Å². The van der Waals surface area contributed by atoms with Crippen molar-refractivity contribution < 1.29 is 4.79 Å². The van der Waals surface area contributed by atoms with E-state index in [0.29, 0.717) is 6.54 Å². The SMILES string of the molecule is Cc1cc(Br)c(NC(=O)CN2CCC(Cc3ccccc3)CC2)c(Br)c1. The predicted molar refractivity (Wildman–Crippen MR) is 115 cm³/mol. The standard InChI is InChI=1S/C21H24Br2N2O/c1-15-11-18(22)21(19(23)12-15)24-20(26)14-25-9-7-17(8-10-25)13-16-5-3-2-4-6-16/h2-6,11-12,17H,7-10,13-14H2,1H3,(H,24,26). The Balaban J connectivity index is 1.48. The fourth-order valence-electron chi connectivity index (χ4n) is 3.50. The number of nitrogens with one attached hydrogen (secondary N) is 1. The van der Waals surface area contributed by atoms with Gasteiger partial charge in [0.05, 0.1) is 12.2 Å². The molecule has 1 fully saturated rings. The smallest absolute Gasteiger partial charge is 0.238 e. The van der Waals surface area contributed by atoms with Gasteiger partial charge in [0.25, 0.3) is 0 Å². The molecule has 0 bridgehead atoms. The number of halogens is 2. The molecule has 1 amide bonds. The van der Waals surface area contributed by atoms with Gasteiger partial charge in [-0.05, 0) is 100 Å². The topological polar surface area (TPSA) is 32.3 Å². The van der Waals surface area contributed by atoms with E-state index in [0.717, 1.165) is 58.5 Å². The van der Waals surface area contributed by atoms with Crippen molar-refractivity contribution in [2.24, 2.45) is 5.92 Å². The number of rotatable bonds is 5. The minimum Gasteiger partial charge on any atom is -0.323 e. The Morgan fingerprint density at radius 3 is 2.35 bits per heavy atom. The number of aryl methyl sites for hydroxylation is 1. The number of carbonyl (C=O) groups is 1. The fraction of sp³-hybridized carbons (Fsp3) is 0.381. The van der Waals surface area contributed by atoms with E-state index in [4.69, 9.17) is 0 Å². The molecule has 1 aliphatic heterocycles. The summed E-state index contributed by atoms with van der Waals surface area (Å²) in [6.07, 6.45) is 3.45. The van der Waals surface area contributed by atoms with Crippen LogP contribution in [-0.2, 0) is 11.2 Å². The molecule has 2 aromatic carbocycles. The van der Waals surface area contributed by atoms with Crippen LogP contribution in [0.2, 0.25) is 0 Å². The summed E-state index contributed by atoms with van der Waals surface area (Å²) in [7, 11) is 0. The van der Waals surface area contributed by atoms with Crippen LogP contribution in [0.1, 0.15) is 24.0 Å². The molecule has 1 heterocycles. The summed E-state index contributed by atoms with van der Waals surface area (Å²) < 4.78 is 1.80. The zero-order chi connectivity index (χ0) is 18.5. The van der Waals surface area contributed by atoms with Gasteiger partial charge in [-0.3, -0.25) is 9.69 Å². The first-order valence-corrected chi connectivity index (χ1v) is 10.6. The fourth-order valence-corrected chi connectivity index (χ4v) is 5.11. The molecule has 2 aromatic rings. The lowest BCUT2D eigenvalue weighted by atomic mass is 9.90. The Morgan fingerprint density at radius 2 is 1.73 bits per heavy atom. The molecule has 1 saturated heterocycles. The summed E-state index contributed by atoms with van der Waals surface area (Å²) in [5.74, 6) is 0.758. The minimum atomic E-state index is 0.0387. The summed E-state index contributed by atoms with van der Waals surface area (Å²) >= 11 is 7.07. The van der Waals surface area contributed by atoms with Crippen molar-refractivity contribution in [1.29, 1.82) is 0 Å². The monoisotopic (exact) mass is 478 g/mol. The number of hydrogen-bond donors (Lipinski definition) is 1. The highest BCUT2D eigenvalue weighted by Gasteiger charge is 2.21. The Labute approximate surface area is 172 Å². The molecule has 0 aliphatic carbocycles. The summed E-state index contributed by atoms with van der Waals surface area (Å²) in [4.78, 5) is 14.7. The highest BCUT2D eigenvalue weighted by molar-refractivity contribution is 9.11. The summed E-state index contributed by atoms with van der Waals surface area (Å²) in [5, 5.41) is 3.03. The molecule has 1 N–H and O–H groups in total. The zero-order valence-electron chi connectivity index (χ0n) is 15.0. The van der Waals surface area contributed by atoms with Gasteiger partial charge in [-0.1, -0.05) is 30.3 Å². The Morgan fingerprint density at radius 1 is 1.12 bits per heavy atom. The summed E-state index contributed by atoms with van der Waals surface area (Å²) in [5.41, 5.74) is 3.36. The average Bonchev–Trinajstić information content (AvgIpc) is 2.61. The van der Waals surface area contributed by atoms with Crippen molar-refractivity contribution in [2.75, 3.05) is 25.0 Å². The van der Waals surface area contributed by atoms with Crippen LogP contribution >= 0.6 is 31.9 Å². The lowest BCUT2D eigenvalue weighted by Crippen LogP contribution is -2.39. The van der Waals surface area contributed by atoms with E-state index in [1.54, 1.807) is 0 Å². The van der Waals surface area contributed by atoms with E-state index >= 15 is 0 Å². The third kappa shape index (κ3) is 5.41. The lowest BCUT2D eigenvalue weighted by molar-refractivity contribution is -0.117. The summed E-state index contributed by atoms with van der Waals surface area (Å²) in [6, 6.07) is 14.7. The van der Waals surface area contributed by atoms with Gasteiger partial charge < -0.3 is 5.32 Å². The van der Waals surface area contributed by atoms with E-state index in [-0.39, 0.29) is 5.91 Å². The van der Waals surface area contributed by atoms with Gasteiger partial charge in [-0.25, -0.2) is 0 Å². The van der Waals surface area contributed by atoms with Gasteiger partial charge >= 0.3 is 0 Å². The molecule has 0 radical (unpaired) electrons. The predicted octanol–water partition coefficient (Wildman–Crippen LogP) is 5.41. The maximum atomic E-state index is 12.4. The second-order valence-electron chi connectivity index (χ2n) is 7.06. The van der Waals surface area contributed by atoms with Gasteiger partial charge in [0.2, 0.25) is 5.91 Å². The van der Waals surface area contributed by atoms with Crippen LogP contribution in [0.25, 0.3) is 0 Å². The van der Waals surface area contributed by atoms with E-state index < -0.39 is 0 Å². The van der Waals surface area contributed by atoms with Gasteiger partial charge in [0, 0.05) is 8.95 Å². The maximum Gasteiger partial charge on any atom is 0.238 e. The molecule has 26 heavy (non-hydrogen) atoms. The van der Waals surface area contributed by atoms with E-state index in [1.165, 1.54) is 5.56 Å². The number of hydrogen-bond acceptors (Lipinski definition) is 2. The zero-order valence-corrected chi connectivity index (χ0v) is 18.1. The van der Waals surface area contributed by atoms with Crippen LogP contribution in [0.4, 0.5) is 5.69 Å². The molecule has 1 aliphatic rings. The van der Waals surface area contributed by atoms with Crippen LogP contribution in [-0.4, -0.2) is 30.4 Å². The van der Waals surface area contributed by atoms with Gasteiger partial charge in [0.1, 0.15) is 0 Å². The van der Waals surface area contributed by atoms with Gasteiger partial charge in [0.15, 0.2) is 0 Å². The normalized spacial score (nSPS) is 15.8. The van der Waals surface area contributed by atoms with Crippen LogP contribution in [0.15, 0.2) is 51.4 Å². The Kier molecular flexibility index (Phi) is 6.90. The number of anilines is 1. The maximum absolute atomic E-state index is 12.4. The number of nitrogens with zero attached hydrogens (tertiary/aromatic N) is 1. The quantitative estimate of drug-likeness (QED) is 0.621. The third-order valence-corrected chi connectivity index (χ3v) is 6.14. The van der Waals surface area contributed by atoms with Gasteiger partial charge in [-0.2, -0.15) is 0 Å². The molecule has 0 spiro atoms. The molecular weight excluding hydrogens is 456 g/mol. The van der Waals surface area contributed by atoms with Crippen LogP contribution in [0.3, 0.4) is 0 Å². The number of carbonyl (C=O) groups excluding carboxylic acids is 1. The molecule has 0 aromatic heterocycles. The van der Waals surface area contributed by atoms with Crippen molar-refractivity contribution >= 4 is 43.5 Å². The van der Waals surface area contributed by atoms with E-state index in [2.05, 4.69) is 72.4 Å². The van der Waals surface area contributed by atoms with Crippen molar-refractivity contribution in [3.63, 3.8) is 0 Å². The Hall–Kier alpha value is -1.17. The molecule has 0 unspecified atom stereocenters. The van der Waals surface area contributed by atoms with Crippen molar-refractivity contribution in [1.82, 2.24) is 4.90 Å². The number of benzene rings is 2. The number of likely N-dealkylation sites (tertiary alicyclic amines) is 1. The number of piperidine rings is 1. The largest absolute Gasteiger partial charge is 0.323 e. The second kappa shape index (κ2) is 9.16. The van der Waals surface area contributed by atoms with Crippen molar-refractivity contribution in [3.05, 3.63) is 62.5 Å². The van der Waals surface area contributed by atoms with Crippen LogP contribution < -0.4 is 5.32 Å². The number of amides is 1. The Bertz CT molecular complexity index is 733. The van der Waals surface area contributed by atoms with Crippen molar-refractivity contribution in [2.45, 2.75) is 26.2 Å². The van der Waals surface area contributed by atoms with Crippen LogP contribution in [0.5, 0.6) is 0 Å². The third-order valence-electron chi connectivity index (χ3n) is 4.89. The van der Waals surface area contributed by atoms with Gasteiger partial charge in [-0.15, -0.1) is 0 Å².